The topological polar surface area (TPSA) is 32.9 Å². The third-order valence-electron chi connectivity index (χ3n) is 5.21. The third kappa shape index (κ3) is 3.26. The number of aromatic amines is 1. The lowest BCUT2D eigenvalue weighted by Gasteiger charge is -2.12. The lowest BCUT2D eigenvalue weighted by molar-refractivity contribution is 1.38. The van der Waals surface area contributed by atoms with Crippen LogP contribution in [0, 0.1) is 0 Å². The molecule has 0 amide bonds. The van der Waals surface area contributed by atoms with Crippen LogP contribution in [0.5, 0.6) is 0 Å². The van der Waals surface area contributed by atoms with Gasteiger partial charge >= 0.3 is 0 Å². The van der Waals surface area contributed by atoms with Crippen molar-refractivity contribution in [2.45, 2.75) is 0 Å². The van der Waals surface area contributed by atoms with Crippen LogP contribution in [0.4, 0.5) is 0 Å². The molecule has 2 nitrogen and oxygen atoms in total. The Kier molecular flexibility index (Phi) is 4.30. The van der Waals surface area contributed by atoms with Crippen LogP contribution in [0.1, 0.15) is 0 Å². The highest BCUT2D eigenvalue weighted by Gasteiger charge is 2.13. The Morgan fingerprint density at radius 3 is 1.69 bits per heavy atom. The average molecular weight is 373 g/mol. The molecule has 0 unspecified atom stereocenters. The van der Waals surface area contributed by atoms with Gasteiger partial charge in [-0.05, 0) is 39.9 Å². The largest absolute Gasteiger partial charge is 0.354 e. The van der Waals surface area contributed by atoms with Gasteiger partial charge < -0.3 is 4.98 Å². The fraction of sp³-hybridized carbons (Fsp3) is 0. The van der Waals surface area contributed by atoms with Crippen LogP contribution in [0.15, 0.2) is 114 Å². The van der Waals surface area contributed by atoms with Crippen LogP contribution < -0.4 is 5.43 Å². The highest BCUT2D eigenvalue weighted by atomic mass is 16.1. The molecule has 0 fully saturated rings. The number of benzene rings is 4. The van der Waals surface area contributed by atoms with E-state index in [0.717, 1.165) is 44.4 Å². The maximum atomic E-state index is 13.2. The van der Waals surface area contributed by atoms with Crippen LogP contribution in [0.3, 0.4) is 0 Å². The molecular weight excluding hydrogens is 354 g/mol. The van der Waals surface area contributed by atoms with E-state index in [4.69, 9.17) is 0 Å². The highest BCUT2D eigenvalue weighted by Crippen LogP contribution is 2.32. The summed E-state index contributed by atoms with van der Waals surface area (Å²) in [6.45, 7) is 0. The minimum absolute atomic E-state index is 0.0241. The fourth-order valence-electron chi connectivity index (χ4n) is 3.81. The molecule has 2 heteroatoms. The summed E-state index contributed by atoms with van der Waals surface area (Å²) >= 11 is 0. The molecule has 1 heterocycles. The Bertz CT molecular complexity index is 1330. The van der Waals surface area contributed by atoms with Gasteiger partial charge in [0.15, 0.2) is 5.43 Å². The van der Waals surface area contributed by atoms with Gasteiger partial charge in [-0.25, -0.2) is 0 Å². The van der Waals surface area contributed by atoms with Crippen molar-refractivity contribution in [3.63, 3.8) is 0 Å². The van der Waals surface area contributed by atoms with E-state index in [0.29, 0.717) is 0 Å². The van der Waals surface area contributed by atoms with Crippen molar-refractivity contribution in [1.82, 2.24) is 4.98 Å². The SMILES string of the molecule is O=c1cc(-c2ccccc2)[nH]c2cc(-c3ccccc3)cc(-c3ccccc3)c12. The molecule has 0 spiro atoms. The van der Waals surface area contributed by atoms with Gasteiger partial charge in [-0.15, -0.1) is 0 Å². The molecule has 5 aromatic rings. The van der Waals surface area contributed by atoms with Crippen LogP contribution in [0.25, 0.3) is 44.4 Å². The highest BCUT2D eigenvalue weighted by molar-refractivity contribution is 5.99. The summed E-state index contributed by atoms with van der Waals surface area (Å²) in [6.07, 6.45) is 0. The first kappa shape index (κ1) is 17.2. The molecule has 0 saturated carbocycles. The van der Waals surface area contributed by atoms with Crippen LogP contribution >= 0.6 is 0 Å². The third-order valence-corrected chi connectivity index (χ3v) is 5.21. The number of nitrogens with one attached hydrogen (secondary N) is 1. The molecule has 0 radical (unpaired) electrons. The molecule has 29 heavy (non-hydrogen) atoms. The number of fused-ring (bicyclic) bond motifs is 1. The normalized spacial score (nSPS) is 10.9. The zero-order chi connectivity index (χ0) is 19.6. The second-order valence-corrected chi connectivity index (χ2v) is 7.09. The fourth-order valence-corrected chi connectivity index (χ4v) is 3.81. The smallest absolute Gasteiger partial charge is 0.190 e. The maximum absolute atomic E-state index is 13.2. The van der Waals surface area contributed by atoms with Gasteiger partial charge in [-0.3, -0.25) is 4.79 Å². The lowest BCUT2D eigenvalue weighted by atomic mass is 9.94. The number of pyridine rings is 1. The Morgan fingerprint density at radius 2 is 1.07 bits per heavy atom. The molecule has 1 aromatic heterocycles. The van der Waals surface area contributed by atoms with Crippen molar-refractivity contribution in [3.8, 4) is 33.5 Å². The van der Waals surface area contributed by atoms with Crippen molar-refractivity contribution < 1.29 is 0 Å². The van der Waals surface area contributed by atoms with Crippen molar-refractivity contribution in [3.05, 3.63) is 119 Å². The first-order valence-electron chi connectivity index (χ1n) is 9.67. The second kappa shape index (κ2) is 7.25. The summed E-state index contributed by atoms with van der Waals surface area (Å²) in [5, 5.41) is 0.718. The molecular formula is C27H19NO. The lowest BCUT2D eigenvalue weighted by Crippen LogP contribution is -2.05. The number of H-pyrrole nitrogens is 1. The molecule has 0 atom stereocenters. The van der Waals surface area contributed by atoms with E-state index in [1.165, 1.54) is 0 Å². The predicted octanol–water partition coefficient (Wildman–Crippen LogP) is 6.53. The first-order valence-corrected chi connectivity index (χ1v) is 9.67. The van der Waals surface area contributed by atoms with Gasteiger partial charge in [-0.2, -0.15) is 0 Å². The summed E-state index contributed by atoms with van der Waals surface area (Å²) in [6, 6.07) is 36.2. The van der Waals surface area contributed by atoms with Gasteiger partial charge in [0.05, 0.1) is 10.9 Å². The summed E-state index contributed by atoms with van der Waals surface area (Å²) in [4.78, 5) is 16.7. The Hall–Kier alpha value is -3.91. The number of hydrogen-bond acceptors (Lipinski definition) is 1. The van der Waals surface area contributed by atoms with Gasteiger partial charge in [0.25, 0.3) is 0 Å². The molecule has 1 N–H and O–H groups in total. The minimum Gasteiger partial charge on any atom is -0.354 e. The van der Waals surface area contributed by atoms with Crippen molar-refractivity contribution in [1.29, 1.82) is 0 Å². The summed E-state index contributed by atoms with van der Waals surface area (Å²) in [5.74, 6) is 0. The molecule has 0 saturated heterocycles. The van der Waals surface area contributed by atoms with Crippen LogP contribution in [0.2, 0.25) is 0 Å². The zero-order valence-corrected chi connectivity index (χ0v) is 15.8. The predicted molar refractivity (Wildman–Crippen MR) is 121 cm³/mol. The maximum Gasteiger partial charge on any atom is 0.190 e. The number of aromatic nitrogens is 1. The van der Waals surface area contributed by atoms with Gasteiger partial charge in [0.1, 0.15) is 0 Å². The van der Waals surface area contributed by atoms with Gasteiger partial charge in [-0.1, -0.05) is 91.0 Å². The second-order valence-electron chi connectivity index (χ2n) is 7.09. The van der Waals surface area contributed by atoms with Crippen LogP contribution in [-0.4, -0.2) is 4.98 Å². The number of hydrogen-bond donors (Lipinski definition) is 1. The molecule has 138 valence electrons. The van der Waals surface area contributed by atoms with Gasteiger partial charge in [0, 0.05) is 11.8 Å². The minimum atomic E-state index is 0.0241. The number of rotatable bonds is 3. The average Bonchev–Trinajstić information content (AvgIpc) is 2.80. The van der Waals surface area contributed by atoms with Crippen LogP contribution in [-0.2, 0) is 0 Å². The first-order chi connectivity index (χ1) is 14.3. The molecule has 0 aliphatic heterocycles. The molecule has 0 aliphatic rings. The van der Waals surface area contributed by atoms with Crippen molar-refractivity contribution >= 4 is 10.9 Å². The van der Waals surface area contributed by atoms with E-state index in [-0.39, 0.29) is 5.43 Å². The van der Waals surface area contributed by atoms with E-state index < -0.39 is 0 Å². The molecule has 5 rings (SSSR count). The van der Waals surface area contributed by atoms with E-state index in [2.05, 4.69) is 29.2 Å². The molecule has 0 bridgehead atoms. The molecule has 4 aromatic carbocycles. The monoisotopic (exact) mass is 373 g/mol. The Morgan fingerprint density at radius 1 is 0.517 bits per heavy atom. The summed E-state index contributed by atoms with van der Waals surface area (Å²) < 4.78 is 0. The van der Waals surface area contributed by atoms with E-state index in [1.54, 1.807) is 6.07 Å². The Balaban J connectivity index is 1.84. The zero-order valence-electron chi connectivity index (χ0n) is 15.8. The molecule has 0 aliphatic carbocycles. The Labute approximate surface area is 169 Å². The standard InChI is InChI=1S/C27H19NO/c29-26-18-24(21-14-8-3-9-15-21)28-25-17-22(19-10-4-1-5-11-19)16-23(27(25)26)20-12-6-2-7-13-20/h1-18H,(H,28,29). The van der Waals surface area contributed by atoms with E-state index in [9.17, 15) is 4.79 Å². The quantitative estimate of drug-likeness (QED) is 0.383. The summed E-state index contributed by atoms with van der Waals surface area (Å²) in [5.41, 5.74) is 6.88. The van der Waals surface area contributed by atoms with E-state index >= 15 is 0 Å². The van der Waals surface area contributed by atoms with Crippen molar-refractivity contribution in [2.75, 3.05) is 0 Å². The van der Waals surface area contributed by atoms with Crippen molar-refractivity contribution in [2.24, 2.45) is 0 Å². The van der Waals surface area contributed by atoms with E-state index in [1.807, 2.05) is 78.9 Å². The summed E-state index contributed by atoms with van der Waals surface area (Å²) in [7, 11) is 0. The van der Waals surface area contributed by atoms with Gasteiger partial charge in [0.2, 0.25) is 0 Å².